The Bertz CT molecular complexity index is 945. The minimum atomic E-state index is -3.37. The number of rotatable bonds is 3. The third kappa shape index (κ3) is 4.34. The topological polar surface area (TPSA) is 98.4 Å². The molecule has 0 saturated carbocycles. The number of sulfone groups is 1. The van der Waals surface area contributed by atoms with E-state index in [0.29, 0.717) is 41.7 Å². The van der Waals surface area contributed by atoms with Gasteiger partial charge in [0, 0.05) is 36.2 Å². The molecule has 9 heteroatoms. The number of aryl methyl sites for hydroxylation is 2. The number of nitrogens with two attached hydrogens (primary N) is 1. The maximum atomic E-state index is 12.1. The van der Waals surface area contributed by atoms with Crippen molar-refractivity contribution in [2.45, 2.75) is 31.2 Å². The molecule has 0 bridgehead atoms. The Labute approximate surface area is 164 Å². The molecule has 0 aliphatic carbocycles. The van der Waals surface area contributed by atoms with E-state index in [1.807, 2.05) is 13.0 Å². The Morgan fingerprint density at radius 3 is 2.67 bits per heavy atom. The first-order valence-corrected chi connectivity index (χ1v) is 10.9. The second kappa shape index (κ2) is 7.61. The number of hydrogen-bond donors (Lipinski definition) is 1. The van der Waals surface area contributed by atoms with Crippen LogP contribution in [-0.2, 0) is 14.6 Å². The Morgan fingerprint density at radius 1 is 1.26 bits per heavy atom. The van der Waals surface area contributed by atoms with Crippen molar-refractivity contribution in [2.24, 2.45) is 0 Å². The molecule has 3 rings (SSSR count). The van der Waals surface area contributed by atoms with Crippen LogP contribution in [0.25, 0.3) is 0 Å². The van der Waals surface area contributed by atoms with E-state index in [2.05, 4.69) is 14.9 Å². The molecule has 2 N–H and O–H groups in total. The van der Waals surface area contributed by atoms with Gasteiger partial charge in [-0.15, -0.1) is 0 Å². The molecule has 1 atom stereocenters. The van der Waals surface area contributed by atoms with Gasteiger partial charge in [-0.05, 0) is 43.5 Å². The summed E-state index contributed by atoms with van der Waals surface area (Å²) in [6.07, 6.45) is 2.00. The molecular formula is C18H23ClN4O3S. The minimum Gasteiger partial charge on any atom is -0.379 e. The quantitative estimate of drug-likeness (QED) is 0.830. The van der Waals surface area contributed by atoms with Crippen molar-refractivity contribution in [1.29, 1.82) is 0 Å². The Balaban J connectivity index is 2.15. The van der Waals surface area contributed by atoms with Crippen LogP contribution >= 0.6 is 11.6 Å². The number of aromatic nitrogens is 2. The number of halogens is 1. The molecule has 146 valence electrons. The summed E-state index contributed by atoms with van der Waals surface area (Å²) < 4.78 is 30.0. The van der Waals surface area contributed by atoms with Gasteiger partial charge in [-0.25, -0.2) is 13.4 Å². The Morgan fingerprint density at radius 2 is 2.00 bits per heavy atom. The summed E-state index contributed by atoms with van der Waals surface area (Å²) in [6, 6.07) is 4.80. The standard InChI is InChI=1S/C18H23ClN4O3S/c1-11-7-13(27(3,24)25)9-14(17(11)19)15-10-26-6-4-5-23(15)16-8-12(2)21-18(20)22-16/h7-9,15H,4-6,10H2,1-3H3,(H2,20,21,22)/t15-/m0/s1. The second-order valence-corrected chi connectivity index (χ2v) is 9.17. The van der Waals surface area contributed by atoms with E-state index in [-0.39, 0.29) is 16.9 Å². The average Bonchev–Trinajstić information content (AvgIpc) is 2.81. The van der Waals surface area contributed by atoms with Gasteiger partial charge in [0.15, 0.2) is 9.84 Å². The number of nitrogen functional groups attached to an aromatic ring is 1. The lowest BCUT2D eigenvalue weighted by Crippen LogP contribution is -2.32. The van der Waals surface area contributed by atoms with E-state index < -0.39 is 9.84 Å². The average molecular weight is 411 g/mol. The fraction of sp³-hybridized carbons (Fsp3) is 0.444. The van der Waals surface area contributed by atoms with Crippen LogP contribution in [0.5, 0.6) is 0 Å². The van der Waals surface area contributed by atoms with Crippen molar-refractivity contribution in [3.63, 3.8) is 0 Å². The first-order chi connectivity index (χ1) is 12.7. The van der Waals surface area contributed by atoms with Crippen LogP contribution in [0.15, 0.2) is 23.1 Å². The number of hydrogen-bond acceptors (Lipinski definition) is 7. The normalized spacial score (nSPS) is 18.4. The zero-order chi connectivity index (χ0) is 19.8. The molecule has 0 spiro atoms. The highest BCUT2D eigenvalue weighted by molar-refractivity contribution is 7.90. The van der Waals surface area contributed by atoms with Gasteiger partial charge >= 0.3 is 0 Å². The Hall–Kier alpha value is -1.90. The van der Waals surface area contributed by atoms with Crippen molar-refractivity contribution in [1.82, 2.24) is 9.97 Å². The molecule has 1 aliphatic heterocycles. The lowest BCUT2D eigenvalue weighted by Gasteiger charge is -2.32. The SMILES string of the molecule is Cc1cc(N2CCCOC[C@H]2c2cc(S(C)(=O)=O)cc(C)c2Cl)nc(N)n1. The van der Waals surface area contributed by atoms with Crippen molar-refractivity contribution in [3.8, 4) is 0 Å². The highest BCUT2D eigenvalue weighted by Crippen LogP contribution is 2.36. The van der Waals surface area contributed by atoms with Crippen LogP contribution < -0.4 is 10.6 Å². The molecule has 1 aromatic heterocycles. The van der Waals surface area contributed by atoms with E-state index in [1.165, 1.54) is 6.26 Å². The fourth-order valence-corrected chi connectivity index (χ4v) is 4.22. The van der Waals surface area contributed by atoms with Crippen molar-refractivity contribution in [2.75, 3.05) is 36.6 Å². The molecular weight excluding hydrogens is 388 g/mol. The highest BCUT2D eigenvalue weighted by Gasteiger charge is 2.28. The summed E-state index contributed by atoms with van der Waals surface area (Å²) in [5.41, 5.74) is 8.01. The molecule has 0 radical (unpaired) electrons. The summed E-state index contributed by atoms with van der Waals surface area (Å²) in [5.74, 6) is 0.870. The second-order valence-electron chi connectivity index (χ2n) is 6.78. The summed E-state index contributed by atoms with van der Waals surface area (Å²) >= 11 is 6.58. The van der Waals surface area contributed by atoms with Gasteiger partial charge < -0.3 is 15.4 Å². The number of anilines is 2. The molecule has 1 aliphatic rings. The largest absolute Gasteiger partial charge is 0.379 e. The monoisotopic (exact) mass is 410 g/mol. The zero-order valence-corrected chi connectivity index (χ0v) is 17.1. The third-order valence-corrected chi connectivity index (χ3v) is 6.14. The highest BCUT2D eigenvalue weighted by atomic mass is 35.5. The van der Waals surface area contributed by atoms with Crippen molar-refractivity contribution < 1.29 is 13.2 Å². The smallest absolute Gasteiger partial charge is 0.222 e. The van der Waals surface area contributed by atoms with Gasteiger partial charge in [-0.1, -0.05) is 11.6 Å². The van der Waals surface area contributed by atoms with Gasteiger partial charge in [0.05, 0.1) is 17.5 Å². The van der Waals surface area contributed by atoms with Crippen LogP contribution in [0.3, 0.4) is 0 Å². The molecule has 0 amide bonds. The van der Waals surface area contributed by atoms with E-state index in [9.17, 15) is 8.42 Å². The third-order valence-electron chi connectivity index (χ3n) is 4.54. The van der Waals surface area contributed by atoms with Crippen molar-refractivity contribution in [3.05, 3.63) is 40.0 Å². The van der Waals surface area contributed by atoms with E-state index >= 15 is 0 Å². The molecule has 27 heavy (non-hydrogen) atoms. The Kier molecular flexibility index (Phi) is 5.60. The number of benzene rings is 1. The van der Waals surface area contributed by atoms with E-state index in [1.54, 1.807) is 19.1 Å². The molecule has 1 saturated heterocycles. The first-order valence-electron chi connectivity index (χ1n) is 8.62. The summed E-state index contributed by atoms with van der Waals surface area (Å²) in [4.78, 5) is 10.8. The molecule has 1 aromatic carbocycles. The molecule has 7 nitrogen and oxygen atoms in total. The fourth-order valence-electron chi connectivity index (χ4n) is 3.25. The van der Waals surface area contributed by atoms with E-state index in [0.717, 1.165) is 12.1 Å². The van der Waals surface area contributed by atoms with Crippen LogP contribution in [0.1, 0.15) is 29.3 Å². The van der Waals surface area contributed by atoms with Crippen LogP contribution in [0.4, 0.5) is 11.8 Å². The molecule has 1 fully saturated rings. The summed E-state index contributed by atoms with van der Waals surface area (Å²) in [5, 5.41) is 0.529. The maximum absolute atomic E-state index is 12.1. The zero-order valence-electron chi connectivity index (χ0n) is 15.6. The number of nitrogens with zero attached hydrogens (tertiary/aromatic N) is 3. The van der Waals surface area contributed by atoms with Crippen molar-refractivity contribution >= 4 is 33.2 Å². The lowest BCUT2D eigenvalue weighted by molar-refractivity contribution is 0.134. The van der Waals surface area contributed by atoms with Gasteiger partial charge in [0.1, 0.15) is 5.82 Å². The lowest BCUT2D eigenvalue weighted by atomic mass is 10.0. The molecule has 2 aromatic rings. The predicted octanol–water partition coefficient (Wildman–Crippen LogP) is 2.70. The predicted molar refractivity (Wildman–Crippen MR) is 106 cm³/mol. The van der Waals surface area contributed by atoms with Crippen LogP contribution in [-0.4, -0.2) is 44.4 Å². The maximum Gasteiger partial charge on any atom is 0.222 e. The van der Waals surface area contributed by atoms with Crippen LogP contribution in [0, 0.1) is 13.8 Å². The molecule has 2 heterocycles. The first kappa shape index (κ1) is 19.9. The van der Waals surface area contributed by atoms with Crippen LogP contribution in [0.2, 0.25) is 5.02 Å². The van der Waals surface area contributed by atoms with Gasteiger partial charge in [0.2, 0.25) is 5.95 Å². The molecule has 0 unspecified atom stereocenters. The van der Waals surface area contributed by atoms with Gasteiger partial charge in [-0.3, -0.25) is 0 Å². The van der Waals surface area contributed by atoms with Gasteiger partial charge in [-0.2, -0.15) is 4.98 Å². The number of ether oxygens (including phenoxy) is 1. The summed E-state index contributed by atoms with van der Waals surface area (Å²) in [6.45, 7) is 5.31. The van der Waals surface area contributed by atoms with Gasteiger partial charge in [0.25, 0.3) is 0 Å². The minimum absolute atomic E-state index is 0.195. The summed E-state index contributed by atoms with van der Waals surface area (Å²) in [7, 11) is -3.37. The van der Waals surface area contributed by atoms with E-state index in [4.69, 9.17) is 22.1 Å².